The predicted molar refractivity (Wildman–Crippen MR) is 81.6 cm³/mol. The van der Waals surface area contributed by atoms with Crippen molar-refractivity contribution in [2.75, 3.05) is 0 Å². The third-order valence-corrected chi connectivity index (χ3v) is 3.70. The summed E-state index contributed by atoms with van der Waals surface area (Å²) in [6.07, 6.45) is 2.84. The molecule has 0 radical (unpaired) electrons. The Morgan fingerprint density at radius 1 is 1.11 bits per heavy atom. The first-order valence-corrected chi connectivity index (χ1v) is 7.08. The van der Waals surface area contributed by atoms with E-state index < -0.39 is 0 Å². The van der Waals surface area contributed by atoms with Crippen molar-refractivity contribution < 1.29 is 9.18 Å². The van der Waals surface area contributed by atoms with Crippen LogP contribution in [0, 0.1) is 5.82 Å². The van der Waals surface area contributed by atoms with Gasteiger partial charge in [0.15, 0.2) is 5.78 Å². The third-order valence-electron chi connectivity index (χ3n) is 2.52. The van der Waals surface area contributed by atoms with Crippen LogP contribution in [0.15, 0.2) is 57.5 Å². The Morgan fingerprint density at radius 2 is 1.84 bits per heavy atom. The van der Waals surface area contributed by atoms with E-state index >= 15 is 0 Å². The van der Waals surface area contributed by atoms with E-state index in [4.69, 9.17) is 0 Å². The van der Waals surface area contributed by atoms with Gasteiger partial charge < -0.3 is 0 Å². The molecule has 0 atom stereocenters. The highest BCUT2D eigenvalue weighted by atomic mass is 79.9. The molecule has 0 aliphatic carbocycles. The quantitative estimate of drug-likeness (QED) is 0.522. The summed E-state index contributed by atoms with van der Waals surface area (Å²) in [5, 5.41) is 0. The highest BCUT2D eigenvalue weighted by molar-refractivity contribution is 9.10. The lowest BCUT2D eigenvalue weighted by Crippen LogP contribution is -1.95. The Morgan fingerprint density at radius 3 is 2.53 bits per heavy atom. The normalized spacial score (nSPS) is 10.9. The number of hydrogen-bond acceptors (Lipinski definition) is 1. The Bertz CT molecular complexity index is 650. The zero-order chi connectivity index (χ0) is 13.8. The number of halogens is 3. The van der Waals surface area contributed by atoms with Crippen LogP contribution in [0.5, 0.6) is 0 Å². The maximum atomic E-state index is 13.6. The maximum absolute atomic E-state index is 13.6. The van der Waals surface area contributed by atoms with Crippen LogP contribution in [0.25, 0.3) is 6.08 Å². The molecule has 0 spiro atoms. The summed E-state index contributed by atoms with van der Waals surface area (Å²) in [6, 6.07) is 11.8. The van der Waals surface area contributed by atoms with Gasteiger partial charge >= 0.3 is 0 Å². The van der Waals surface area contributed by atoms with Gasteiger partial charge in [-0.3, -0.25) is 4.79 Å². The van der Waals surface area contributed by atoms with Gasteiger partial charge in [0.1, 0.15) is 5.82 Å². The van der Waals surface area contributed by atoms with Crippen LogP contribution in [0.3, 0.4) is 0 Å². The molecule has 0 bridgehead atoms. The monoisotopic (exact) mass is 382 g/mol. The highest BCUT2D eigenvalue weighted by Crippen LogP contribution is 2.19. The lowest BCUT2D eigenvalue weighted by atomic mass is 10.1. The molecule has 2 aromatic carbocycles. The number of ketones is 1. The van der Waals surface area contributed by atoms with Crippen molar-refractivity contribution in [1.29, 1.82) is 0 Å². The summed E-state index contributed by atoms with van der Waals surface area (Å²) >= 11 is 6.50. The van der Waals surface area contributed by atoms with Gasteiger partial charge in [-0.05, 0) is 36.4 Å². The van der Waals surface area contributed by atoms with Gasteiger partial charge in [-0.1, -0.05) is 50.1 Å². The SMILES string of the molecule is O=C(/C=C/c1ccc(Br)cc1F)c1ccccc1Br. The second kappa shape index (κ2) is 6.26. The minimum absolute atomic E-state index is 0.171. The first kappa shape index (κ1) is 14.2. The van der Waals surface area contributed by atoms with Crippen molar-refractivity contribution in [2.24, 2.45) is 0 Å². The molecule has 0 aromatic heterocycles. The highest BCUT2D eigenvalue weighted by Gasteiger charge is 2.06. The summed E-state index contributed by atoms with van der Waals surface area (Å²) < 4.78 is 15.0. The summed E-state index contributed by atoms with van der Waals surface area (Å²) in [5.74, 6) is -0.541. The fourth-order valence-corrected chi connectivity index (χ4v) is 2.37. The van der Waals surface area contributed by atoms with Crippen molar-refractivity contribution in [3.8, 4) is 0 Å². The molecule has 0 aliphatic rings. The predicted octanol–water partition coefficient (Wildman–Crippen LogP) is 5.25. The summed E-state index contributed by atoms with van der Waals surface area (Å²) in [4.78, 5) is 12.0. The zero-order valence-electron chi connectivity index (χ0n) is 9.74. The lowest BCUT2D eigenvalue weighted by molar-refractivity contribution is 0.104. The van der Waals surface area contributed by atoms with E-state index in [2.05, 4.69) is 31.9 Å². The second-order valence-electron chi connectivity index (χ2n) is 3.84. The van der Waals surface area contributed by atoms with E-state index in [9.17, 15) is 9.18 Å². The van der Waals surface area contributed by atoms with Crippen molar-refractivity contribution in [2.45, 2.75) is 0 Å². The van der Waals surface area contributed by atoms with Gasteiger partial charge in [0.25, 0.3) is 0 Å². The molecule has 0 saturated heterocycles. The van der Waals surface area contributed by atoms with Gasteiger partial charge in [0, 0.05) is 20.1 Å². The van der Waals surface area contributed by atoms with Gasteiger partial charge in [0.05, 0.1) is 0 Å². The van der Waals surface area contributed by atoms with E-state index in [-0.39, 0.29) is 11.6 Å². The molecule has 0 amide bonds. The topological polar surface area (TPSA) is 17.1 Å². The Labute approximate surface area is 127 Å². The molecule has 2 aromatic rings. The van der Waals surface area contributed by atoms with Crippen LogP contribution in [-0.2, 0) is 0 Å². The molecule has 0 unspecified atom stereocenters. The van der Waals surface area contributed by atoms with Crippen molar-refractivity contribution in [3.63, 3.8) is 0 Å². The zero-order valence-corrected chi connectivity index (χ0v) is 12.9. The van der Waals surface area contributed by atoms with Crippen LogP contribution in [0.1, 0.15) is 15.9 Å². The smallest absolute Gasteiger partial charge is 0.186 e. The van der Waals surface area contributed by atoms with Crippen LogP contribution in [-0.4, -0.2) is 5.78 Å². The Kier molecular flexibility index (Phi) is 4.66. The van der Waals surface area contributed by atoms with E-state index in [0.29, 0.717) is 15.6 Å². The summed E-state index contributed by atoms with van der Waals surface area (Å²) in [6.45, 7) is 0. The van der Waals surface area contributed by atoms with Crippen molar-refractivity contribution in [3.05, 3.63) is 74.4 Å². The van der Waals surface area contributed by atoms with Gasteiger partial charge in [-0.15, -0.1) is 0 Å². The molecular formula is C15H9Br2FO. The minimum atomic E-state index is -0.370. The van der Waals surface area contributed by atoms with E-state index in [0.717, 1.165) is 4.47 Å². The average molecular weight is 384 g/mol. The number of hydrogen-bond donors (Lipinski definition) is 0. The van der Waals surface area contributed by atoms with E-state index in [1.165, 1.54) is 18.2 Å². The minimum Gasteiger partial charge on any atom is -0.289 e. The van der Waals surface area contributed by atoms with Crippen LogP contribution < -0.4 is 0 Å². The molecule has 2 rings (SSSR count). The average Bonchev–Trinajstić information content (AvgIpc) is 2.38. The number of carbonyl (C=O) groups is 1. The second-order valence-corrected chi connectivity index (χ2v) is 5.61. The fourth-order valence-electron chi connectivity index (χ4n) is 1.55. The molecule has 0 saturated carbocycles. The number of carbonyl (C=O) groups excluding carboxylic acids is 1. The lowest BCUT2D eigenvalue weighted by Gasteiger charge is -2.00. The molecule has 4 heteroatoms. The Balaban J connectivity index is 2.24. The molecule has 0 heterocycles. The van der Waals surface area contributed by atoms with Crippen LogP contribution >= 0.6 is 31.9 Å². The van der Waals surface area contributed by atoms with Crippen LogP contribution in [0.4, 0.5) is 4.39 Å². The molecule has 96 valence electrons. The standard InChI is InChI=1S/C15H9Br2FO/c16-11-7-5-10(14(18)9-11)6-8-15(19)12-3-1-2-4-13(12)17/h1-9H/b8-6+. The van der Waals surface area contributed by atoms with Crippen molar-refractivity contribution >= 4 is 43.7 Å². The number of rotatable bonds is 3. The van der Waals surface area contributed by atoms with E-state index in [1.54, 1.807) is 30.3 Å². The number of benzene rings is 2. The molecule has 0 aliphatic heterocycles. The summed E-state index contributed by atoms with van der Waals surface area (Å²) in [5.41, 5.74) is 0.930. The summed E-state index contributed by atoms with van der Waals surface area (Å²) in [7, 11) is 0. The number of allylic oxidation sites excluding steroid dienone is 1. The van der Waals surface area contributed by atoms with E-state index in [1.807, 2.05) is 6.07 Å². The van der Waals surface area contributed by atoms with Crippen molar-refractivity contribution in [1.82, 2.24) is 0 Å². The molecule has 0 N–H and O–H groups in total. The van der Waals surface area contributed by atoms with Gasteiger partial charge in [0.2, 0.25) is 0 Å². The Hall–Kier alpha value is -1.26. The van der Waals surface area contributed by atoms with Gasteiger partial charge in [-0.25, -0.2) is 4.39 Å². The maximum Gasteiger partial charge on any atom is 0.186 e. The first-order chi connectivity index (χ1) is 9.08. The first-order valence-electron chi connectivity index (χ1n) is 5.50. The van der Waals surface area contributed by atoms with Gasteiger partial charge in [-0.2, -0.15) is 0 Å². The third kappa shape index (κ3) is 3.61. The van der Waals surface area contributed by atoms with Crippen LogP contribution in [0.2, 0.25) is 0 Å². The fraction of sp³-hybridized carbons (Fsp3) is 0. The molecule has 0 fully saturated rings. The molecule has 1 nitrogen and oxygen atoms in total. The molecule has 19 heavy (non-hydrogen) atoms. The molecular weight excluding hydrogens is 375 g/mol. The largest absolute Gasteiger partial charge is 0.289 e.